The molecule has 1 saturated heterocycles. The first-order valence-electron chi connectivity index (χ1n) is 17.4. The fourth-order valence-corrected chi connectivity index (χ4v) is 7.26. The number of thioether (sulfide) groups is 1. The van der Waals surface area contributed by atoms with Crippen LogP contribution < -0.4 is 5.32 Å². The molecule has 2 aliphatic rings. The van der Waals surface area contributed by atoms with Crippen molar-refractivity contribution >= 4 is 34.7 Å². The van der Waals surface area contributed by atoms with E-state index in [9.17, 15) is 24.3 Å². The summed E-state index contributed by atoms with van der Waals surface area (Å²) in [6.07, 6.45) is 5.19. The number of quaternary nitrogens is 1. The molecule has 1 saturated carbocycles. The first-order chi connectivity index (χ1) is 24.0. The zero-order chi connectivity index (χ0) is 36.0. The maximum atomic E-state index is 12.9. The minimum atomic E-state index is -1.50. The minimum absolute atomic E-state index is 0.0388. The largest absolute Gasteiger partial charge is 0.460 e. The predicted molar refractivity (Wildman–Crippen MR) is 195 cm³/mol. The van der Waals surface area contributed by atoms with Gasteiger partial charge in [-0.05, 0) is 36.0 Å². The average molecular weight is 704 g/mol. The Balaban J connectivity index is 0.000000227. The molecule has 0 spiro atoms. The maximum absolute atomic E-state index is 12.9. The second-order valence-corrected chi connectivity index (χ2v) is 15.0. The van der Waals surface area contributed by atoms with Crippen LogP contribution in [-0.4, -0.2) is 78.1 Å². The SMILES string of the molecule is CC(=O)SCC(Cc1ccccc1)C(=O)NCC(=O)OCc1ccccc1.C[N+]1(C)CCC(OC(=O)C(O)(c2ccccc2)C2CCCC2)C1. The van der Waals surface area contributed by atoms with E-state index in [1.165, 1.54) is 6.92 Å². The summed E-state index contributed by atoms with van der Waals surface area (Å²) >= 11 is 1.11. The van der Waals surface area contributed by atoms with Gasteiger partial charge in [0.2, 0.25) is 5.91 Å². The number of hydrogen-bond donors (Lipinski definition) is 2. The Hall–Kier alpha value is -3.99. The number of rotatable bonds is 13. The Bertz CT molecular complexity index is 1530. The van der Waals surface area contributed by atoms with Gasteiger partial charge in [0.1, 0.15) is 19.7 Å². The molecule has 1 amide bonds. The topological polar surface area (TPSA) is 119 Å². The van der Waals surface area contributed by atoms with Gasteiger partial charge in [-0.3, -0.25) is 14.4 Å². The molecule has 0 radical (unpaired) electrons. The Kier molecular flexibility index (Phi) is 14.6. The molecule has 3 aromatic rings. The zero-order valence-corrected chi connectivity index (χ0v) is 30.2. The van der Waals surface area contributed by atoms with Crippen molar-refractivity contribution in [3.8, 4) is 0 Å². The van der Waals surface area contributed by atoms with Gasteiger partial charge >= 0.3 is 11.9 Å². The number of carbonyl (C=O) groups excluding carboxylic acids is 4. The molecule has 0 aromatic heterocycles. The van der Waals surface area contributed by atoms with E-state index in [1.807, 2.05) is 91.0 Å². The van der Waals surface area contributed by atoms with E-state index in [4.69, 9.17) is 9.47 Å². The van der Waals surface area contributed by atoms with Crippen molar-refractivity contribution in [2.75, 3.05) is 39.5 Å². The van der Waals surface area contributed by atoms with Crippen LogP contribution in [0.25, 0.3) is 0 Å². The summed E-state index contributed by atoms with van der Waals surface area (Å²) in [6.45, 7) is 3.28. The number of amides is 1. The van der Waals surface area contributed by atoms with Crippen LogP contribution in [-0.2, 0) is 47.3 Å². The van der Waals surface area contributed by atoms with Crippen LogP contribution in [0, 0.1) is 11.8 Å². The molecule has 50 heavy (non-hydrogen) atoms. The van der Waals surface area contributed by atoms with Crippen LogP contribution in [0.2, 0.25) is 0 Å². The van der Waals surface area contributed by atoms with Gasteiger partial charge < -0.3 is 24.4 Å². The number of likely N-dealkylation sites (N-methyl/N-ethyl adjacent to an activating group) is 1. The highest BCUT2D eigenvalue weighted by Crippen LogP contribution is 2.42. The summed E-state index contributed by atoms with van der Waals surface area (Å²) in [6, 6.07) is 28.3. The molecule has 2 fully saturated rings. The highest BCUT2D eigenvalue weighted by Gasteiger charge is 2.49. The Morgan fingerprint density at radius 3 is 2.02 bits per heavy atom. The first kappa shape index (κ1) is 38.8. The number of benzene rings is 3. The van der Waals surface area contributed by atoms with E-state index in [2.05, 4.69) is 19.4 Å². The fraction of sp³-hybridized carbons (Fsp3) is 0.450. The van der Waals surface area contributed by atoms with Crippen molar-refractivity contribution in [2.45, 2.75) is 63.8 Å². The molecule has 2 N–H and O–H groups in total. The lowest BCUT2D eigenvalue weighted by atomic mass is 9.80. The van der Waals surface area contributed by atoms with Crippen LogP contribution >= 0.6 is 11.8 Å². The number of likely N-dealkylation sites (tertiary alicyclic amines) is 1. The van der Waals surface area contributed by atoms with Gasteiger partial charge in [-0.2, -0.15) is 0 Å². The third kappa shape index (κ3) is 11.8. The van der Waals surface area contributed by atoms with Gasteiger partial charge in [0.15, 0.2) is 16.8 Å². The van der Waals surface area contributed by atoms with Crippen LogP contribution in [0.15, 0.2) is 91.0 Å². The fourth-order valence-electron chi connectivity index (χ4n) is 6.56. The maximum Gasteiger partial charge on any atom is 0.343 e. The lowest BCUT2D eigenvalue weighted by Gasteiger charge is -2.33. The van der Waals surface area contributed by atoms with Gasteiger partial charge in [0.05, 0.1) is 26.6 Å². The number of ether oxygens (including phenoxy) is 2. The van der Waals surface area contributed by atoms with Gasteiger partial charge in [-0.25, -0.2) is 4.79 Å². The smallest absolute Gasteiger partial charge is 0.343 e. The standard InChI is InChI=1S/C21H23NO4S.C19H28NO3/c1-16(23)27-15-19(12-17-8-4-2-5-9-17)21(25)22-13-20(24)26-14-18-10-6-3-7-11-18;1-20(2)13-12-17(14-20)23-18(21)19(22,16-10-6-7-11-16)15-8-4-3-5-9-15/h2-11,19H,12-15H2,1H3,(H,22,25);3-5,8-9,16-17,22H,6-7,10-14H2,1-2H3/q;+1. The number of nitrogens with zero attached hydrogens (tertiary/aromatic N) is 1. The quantitative estimate of drug-likeness (QED) is 0.179. The number of esters is 2. The summed E-state index contributed by atoms with van der Waals surface area (Å²) in [5, 5.41) is 13.9. The van der Waals surface area contributed by atoms with Gasteiger partial charge in [-0.1, -0.05) is 116 Å². The van der Waals surface area contributed by atoms with E-state index >= 15 is 0 Å². The van der Waals surface area contributed by atoms with Gasteiger partial charge in [0.25, 0.3) is 0 Å². The van der Waals surface area contributed by atoms with Gasteiger partial charge in [0, 0.05) is 25.0 Å². The van der Waals surface area contributed by atoms with Crippen molar-refractivity contribution in [3.63, 3.8) is 0 Å². The average Bonchev–Trinajstić information content (AvgIpc) is 3.79. The number of nitrogens with one attached hydrogen (secondary N) is 1. The molecule has 9 nitrogen and oxygen atoms in total. The van der Waals surface area contributed by atoms with Crippen LogP contribution in [0.5, 0.6) is 0 Å². The summed E-state index contributed by atoms with van der Waals surface area (Å²) in [5.41, 5.74) is 1.06. The molecule has 3 atom stereocenters. The minimum Gasteiger partial charge on any atom is -0.460 e. The molecule has 5 rings (SSSR count). The molecule has 0 bridgehead atoms. The van der Waals surface area contributed by atoms with E-state index in [0.29, 0.717) is 17.7 Å². The molecule has 3 aromatic carbocycles. The zero-order valence-electron chi connectivity index (χ0n) is 29.4. The molecule has 1 aliphatic heterocycles. The van der Waals surface area contributed by atoms with E-state index < -0.39 is 23.5 Å². The van der Waals surface area contributed by atoms with Crippen molar-refractivity contribution < 1.29 is 38.2 Å². The Morgan fingerprint density at radius 1 is 0.880 bits per heavy atom. The van der Waals surface area contributed by atoms with Crippen molar-refractivity contribution in [1.29, 1.82) is 0 Å². The third-order valence-electron chi connectivity index (χ3n) is 9.33. The van der Waals surface area contributed by atoms with Crippen molar-refractivity contribution in [3.05, 3.63) is 108 Å². The second kappa shape index (κ2) is 18.8. The molecular weight excluding hydrogens is 653 g/mol. The highest BCUT2D eigenvalue weighted by molar-refractivity contribution is 8.13. The molecule has 3 unspecified atom stereocenters. The second-order valence-electron chi connectivity index (χ2n) is 13.8. The predicted octanol–water partition coefficient (Wildman–Crippen LogP) is 5.44. The lowest BCUT2D eigenvalue weighted by Crippen LogP contribution is -2.46. The van der Waals surface area contributed by atoms with Crippen LogP contribution in [0.3, 0.4) is 0 Å². The molecule has 10 heteroatoms. The van der Waals surface area contributed by atoms with E-state index in [1.54, 1.807) is 0 Å². The third-order valence-corrected chi connectivity index (χ3v) is 10.3. The Labute approximate surface area is 300 Å². The lowest BCUT2D eigenvalue weighted by molar-refractivity contribution is -0.879. The number of carbonyl (C=O) groups is 4. The van der Waals surface area contributed by atoms with E-state index in [-0.39, 0.29) is 36.2 Å². The molecular formula is C40H51N2O7S+. The number of hydrogen-bond acceptors (Lipinski definition) is 8. The molecule has 1 aliphatic carbocycles. The summed E-state index contributed by atoms with van der Waals surface area (Å²) in [5.74, 6) is -1.28. The summed E-state index contributed by atoms with van der Waals surface area (Å²) < 4.78 is 11.8. The van der Waals surface area contributed by atoms with E-state index in [0.717, 1.165) is 72.6 Å². The summed E-state index contributed by atoms with van der Waals surface area (Å²) in [4.78, 5) is 48.6. The van der Waals surface area contributed by atoms with Gasteiger partial charge in [-0.15, -0.1) is 0 Å². The van der Waals surface area contributed by atoms with Crippen LogP contribution in [0.4, 0.5) is 0 Å². The van der Waals surface area contributed by atoms with Crippen molar-refractivity contribution in [1.82, 2.24) is 5.32 Å². The number of aliphatic hydroxyl groups is 1. The molecule has 268 valence electrons. The Morgan fingerprint density at radius 2 is 1.46 bits per heavy atom. The monoisotopic (exact) mass is 703 g/mol. The first-order valence-corrected chi connectivity index (χ1v) is 18.4. The summed E-state index contributed by atoms with van der Waals surface area (Å²) in [7, 11) is 4.29. The van der Waals surface area contributed by atoms with Crippen molar-refractivity contribution in [2.24, 2.45) is 11.8 Å². The van der Waals surface area contributed by atoms with Crippen LogP contribution in [0.1, 0.15) is 55.7 Å². The highest BCUT2D eigenvalue weighted by atomic mass is 32.2. The molecule has 1 heterocycles. The normalized spacial score (nSPS) is 18.5.